The van der Waals surface area contributed by atoms with Gasteiger partial charge in [0.1, 0.15) is 5.52 Å². The molecule has 27 heavy (non-hydrogen) atoms. The molecule has 0 N–H and O–H groups in total. The van der Waals surface area contributed by atoms with Crippen molar-refractivity contribution in [2.75, 3.05) is 14.2 Å². The Labute approximate surface area is 156 Å². The van der Waals surface area contributed by atoms with Crippen molar-refractivity contribution in [3.63, 3.8) is 0 Å². The number of methoxy groups -OCH3 is 2. The maximum atomic E-state index is 13.4. The van der Waals surface area contributed by atoms with E-state index >= 15 is 0 Å². The van der Waals surface area contributed by atoms with Gasteiger partial charge in [-0.1, -0.05) is 18.2 Å². The van der Waals surface area contributed by atoms with Gasteiger partial charge in [0.15, 0.2) is 11.5 Å². The zero-order valence-corrected chi connectivity index (χ0v) is 15.8. The van der Waals surface area contributed by atoms with Gasteiger partial charge >= 0.3 is 0 Å². The van der Waals surface area contributed by atoms with Gasteiger partial charge in [-0.2, -0.15) is 9.78 Å². The number of para-hydroxylation sites is 1. The number of nitrogens with zero attached hydrogens (tertiary/aromatic N) is 3. The Hall–Kier alpha value is -3.28. The van der Waals surface area contributed by atoms with Crippen molar-refractivity contribution in [3.8, 4) is 17.2 Å². The van der Waals surface area contributed by atoms with Gasteiger partial charge in [0.2, 0.25) is 0 Å². The molecule has 0 amide bonds. The highest BCUT2D eigenvalue weighted by molar-refractivity contribution is 6.10. The number of ether oxygens (including phenoxy) is 2. The lowest BCUT2D eigenvalue weighted by Crippen LogP contribution is -2.24. The highest BCUT2D eigenvalue weighted by Gasteiger charge is 2.20. The summed E-state index contributed by atoms with van der Waals surface area (Å²) < 4.78 is 14.4. The van der Waals surface area contributed by atoms with Gasteiger partial charge in [-0.05, 0) is 32.0 Å². The van der Waals surface area contributed by atoms with Crippen LogP contribution in [0.4, 0.5) is 0 Å². The second-order valence-electron chi connectivity index (χ2n) is 6.33. The van der Waals surface area contributed by atoms with Crippen LogP contribution in [0.2, 0.25) is 0 Å². The normalized spacial score (nSPS) is 11.3. The first-order valence-electron chi connectivity index (χ1n) is 8.84. The number of hydrogen-bond donors (Lipinski definition) is 0. The molecule has 0 saturated heterocycles. The number of aryl methyl sites for hydroxylation is 2. The van der Waals surface area contributed by atoms with Gasteiger partial charge in [-0.3, -0.25) is 4.79 Å². The van der Waals surface area contributed by atoms with Gasteiger partial charge in [-0.25, -0.2) is 0 Å². The molecule has 6 heteroatoms. The first-order valence-corrected chi connectivity index (χ1v) is 8.84. The van der Waals surface area contributed by atoms with Crippen molar-refractivity contribution in [3.05, 3.63) is 58.5 Å². The molecule has 2 aromatic heterocycles. The quantitative estimate of drug-likeness (QED) is 0.555. The Kier molecular flexibility index (Phi) is 4.11. The van der Waals surface area contributed by atoms with E-state index in [2.05, 4.69) is 5.10 Å². The van der Waals surface area contributed by atoms with E-state index in [1.165, 1.54) is 4.68 Å². The van der Waals surface area contributed by atoms with E-state index in [4.69, 9.17) is 9.47 Å². The minimum absolute atomic E-state index is 0.141. The Morgan fingerprint density at radius 1 is 1.04 bits per heavy atom. The minimum Gasteiger partial charge on any atom is -0.493 e. The largest absolute Gasteiger partial charge is 0.493 e. The van der Waals surface area contributed by atoms with Crippen molar-refractivity contribution in [2.24, 2.45) is 0 Å². The predicted molar refractivity (Wildman–Crippen MR) is 106 cm³/mol. The maximum absolute atomic E-state index is 13.4. The molecule has 0 bridgehead atoms. The predicted octanol–water partition coefficient (Wildman–Crippen LogP) is 3.69. The molecule has 0 spiro atoms. The average Bonchev–Trinajstić information content (AvgIpc) is 3.04. The molecule has 6 nitrogen and oxygen atoms in total. The fourth-order valence-electron chi connectivity index (χ4n) is 3.68. The van der Waals surface area contributed by atoms with E-state index in [0.29, 0.717) is 23.6 Å². The SMILES string of the molecule is CCn1c2cc(OC)c(OC)cc2c2c(C)nn(-c3ccccc3)c(=O)c21. The third-order valence-electron chi connectivity index (χ3n) is 4.89. The molecule has 0 aliphatic rings. The third kappa shape index (κ3) is 2.48. The van der Waals surface area contributed by atoms with Crippen molar-refractivity contribution in [1.82, 2.24) is 14.3 Å². The third-order valence-corrected chi connectivity index (χ3v) is 4.89. The van der Waals surface area contributed by atoms with Crippen LogP contribution in [-0.2, 0) is 6.54 Å². The van der Waals surface area contributed by atoms with Crippen LogP contribution in [-0.4, -0.2) is 28.6 Å². The molecular formula is C21H21N3O3. The van der Waals surface area contributed by atoms with Gasteiger partial charge < -0.3 is 14.0 Å². The van der Waals surface area contributed by atoms with E-state index in [1.807, 2.05) is 60.9 Å². The summed E-state index contributed by atoms with van der Waals surface area (Å²) in [6.07, 6.45) is 0. The zero-order chi connectivity index (χ0) is 19.1. The Bertz CT molecular complexity index is 1210. The van der Waals surface area contributed by atoms with Gasteiger partial charge in [0, 0.05) is 23.4 Å². The molecule has 2 aromatic carbocycles. The highest BCUT2D eigenvalue weighted by atomic mass is 16.5. The topological polar surface area (TPSA) is 58.3 Å². The number of hydrogen-bond acceptors (Lipinski definition) is 4. The van der Waals surface area contributed by atoms with Crippen LogP contribution in [0.15, 0.2) is 47.3 Å². The fourth-order valence-corrected chi connectivity index (χ4v) is 3.68. The van der Waals surface area contributed by atoms with Crippen molar-refractivity contribution in [1.29, 1.82) is 0 Å². The lowest BCUT2D eigenvalue weighted by atomic mass is 10.1. The van der Waals surface area contributed by atoms with E-state index in [9.17, 15) is 4.79 Å². The first-order chi connectivity index (χ1) is 13.1. The molecule has 0 atom stereocenters. The van der Waals surface area contributed by atoms with E-state index in [0.717, 1.165) is 27.7 Å². The summed E-state index contributed by atoms with van der Waals surface area (Å²) in [7, 11) is 3.22. The molecule has 0 aliphatic carbocycles. The molecule has 2 heterocycles. The van der Waals surface area contributed by atoms with Crippen molar-refractivity contribution >= 4 is 21.8 Å². The lowest BCUT2D eigenvalue weighted by Gasteiger charge is -2.09. The second-order valence-corrected chi connectivity index (χ2v) is 6.33. The summed E-state index contributed by atoms with van der Waals surface area (Å²) in [6, 6.07) is 13.3. The van der Waals surface area contributed by atoms with Crippen LogP contribution < -0.4 is 15.0 Å². The Morgan fingerprint density at radius 2 is 1.70 bits per heavy atom. The lowest BCUT2D eigenvalue weighted by molar-refractivity contribution is 0.355. The number of fused-ring (bicyclic) bond motifs is 3. The molecule has 0 unspecified atom stereocenters. The molecule has 0 fully saturated rings. The maximum Gasteiger partial charge on any atom is 0.296 e. The number of rotatable bonds is 4. The smallest absolute Gasteiger partial charge is 0.296 e. The molecule has 138 valence electrons. The Morgan fingerprint density at radius 3 is 2.33 bits per heavy atom. The average molecular weight is 363 g/mol. The van der Waals surface area contributed by atoms with Gasteiger partial charge in [0.25, 0.3) is 5.56 Å². The molecule has 0 saturated carbocycles. The fraction of sp³-hybridized carbons (Fsp3) is 0.238. The van der Waals surface area contributed by atoms with Crippen molar-refractivity contribution < 1.29 is 9.47 Å². The van der Waals surface area contributed by atoms with E-state index in [-0.39, 0.29) is 5.56 Å². The van der Waals surface area contributed by atoms with E-state index in [1.54, 1.807) is 14.2 Å². The van der Waals surface area contributed by atoms with Crippen LogP contribution >= 0.6 is 0 Å². The summed E-state index contributed by atoms with van der Waals surface area (Å²) in [5, 5.41) is 6.37. The highest BCUT2D eigenvalue weighted by Crippen LogP contribution is 2.37. The molecule has 0 aliphatic heterocycles. The molecule has 4 rings (SSSR count). The van der Waals surface area contributed by atoms with Crippen LogP contribution in [0.5, 0.6) is 11.5 Å². The van der Waals surface area contributed by atoms with Crippen molar-refractivity contribution in [2.45, 2.75) is 20.4 Å². The zero-order valence-electron chi connectivity index (χ0n) is 15.8. The van der Waals surface area contributed by atoms with E-state index < -0.39 is 0 Å². The Balaban J connectivity index is 2.18. The minimum atomic E-state index is -0.141. The summed E-state index contributed by atoms with van der Waals surface area (Å²) in [6.45, 7) is 4.61. The first kappa shape index (κ1) is 17.1. The summed E-state index contributed by atoms with van der Waals surface area (Å²) in [5.74, 6) is 1.27. The summed E-state index contributed by atoms with van der Waals surface area (Å²) in [4.78, 5) is 13.4. The molecular weight excluding hydrogens is 342 g/mol. The van der Waals surface area contributed by atoms with Crippen LogP contribution in [0.1, 0.15) is 12.6 Å². The van der Waals surface area contributed by atoms with Crippen LogP contribution in [0.25, 0.3) is 27.5 Å². The summed E-state index contributed by atoms with van der Waals surface area (Å²) in [5.41, 5.74) is 2.96. The monoisotopic (exact) mass is 363 g/mol. The van der Waals surface area contributed by atoms with Crippen LogP contribution in [0, 0.1) is 6.92 Å². The molecule has 0 radical (unpaired) electrons. The standard InChI is InChI=1S/C21H21N3O3/c1-5-23-16-12-18(27-4)17(26-3)11-15(16)19-13(2)22-24(21(25)20(19)23)14-9-7-6-8-10-14/h6-12H,5H2,1-4H3. The van der Waals surface area contributed by atoms with Gasteiger partial charge in [-0.15, -0.1) is 0 Å². The second kappa shape index (κ2) is 6.46. The summed E-state index contributed by atoms with van der Waals surface area (Å²) >= 11 is 0. The molecule has 4 aromatic rings. The number of aromatic nitrogens is 3. The van der Waals surface area contributed by atoms with Crippen LogP contribution in [0.3, 0.4) is 0 Å². The number of benzene rings is 2. The van der Waals surface area contributed by atoms with Gasteiger partial charge in [0.05, 0.1) is 31.1 Å².